The van der Waals surface area contributed by atoms with Crippen LogP contribution < -0.4 is 11.1 Å². The molecule has 2 atom stereocenters. The van der Waals surface area contributed by atoms with Crippen LogP contribution in [0.4, 0.5) is 18.0 Å². The van der Waals surface area contributed by atoms with Gasteiger partial charge in [0.2, 0.25) is 5.91 Å². The summed E-state index contributed by atoms with van der Waals surface area (Å²) >= 11 is 5.84. The molecule has 33 heavy (non-hydrogen) atoms. The van der Waals surface area contributed by atoms with Crippen molar-refractivity contribution in [2.45, 2.75) is 18.4 Å². The maximum Gasteiger partial charge on any atom is 0.315 e. The number of halogens is 4. The van der Waals surface area contributed by atoms with E-state index in [4.69, 9.17) is 17.3 Å². The highest BCUT2D eigenvalue weighted by Gasteiger charge is 2.52. The maximum absolute atomic E-state index is 15.2. The number of benzene rings is 2. The summed E-state index contributed by atoms with van der Waals surface area (Å²) in [6, 6.07) is 6.75. The molecule has 0 radical (unpaired) electrons. The zero-order chi connectivity index (χ0) is 23.9. The SMILES string of the molecule is CC1([C@H](c2cnn(-c3ccc(F)cc3)c2)c2ccc(F)c(Cl)c2F)C(=O)NCCN1C(N)=O. The van der Waals surface area contributed by atoms with Gasteiger partial charge in [-0.05, 0) is 37.3 Å². The van der Waals surface area contributed by atoms with Crippen LogP contribution in [0.1, 0.15) is 24.0 Å². The third-order valence-corrected chi connectivity index (χ3v) is 6.22. The van der Waals surface area contributed by atoms with Crippen molar-refractivity contribution in [3.63, 3.8) is 0 Å². The van der Waals surface area contributed by atoms with Gasteiger partial charge in [0.05, 0.1) is 11.9 Å². The molecule has 0 spiro atoms. The minimum atomic E-state index is -1.69. The van der Waals surface area contributed by atoms with Gasteiger partial charge >= 0.3 is 6.03 Å². The van der Waals surface area contributed by atoms with Crippen LogP contribution >= 0.6 is 11.6 Å². The van der Waals surface area contributed by atoms with Crippen LogP contribution in [-0.4, -0.2) is 45.2 Å². The molecule has 1 saturated heterocycles. The Labute approximate surface area is 191 Å². The highest BCUT2D eigenvalue weighted by atomic mass is 35.5. The molecule has 172 valence electrons. The number of primary amides is 1. The minimum Gasteiger partial charge on any atom is -0.352 e. The van der Waals surface area contributed by atoms with Gasteiger partial charge in [-0.1, -0.05) is 17.7 Å². The molecule has 2 heterocycles. The molecule has 0 saturated carbocycles. The van der Waals surface area contributed by atoms with E-state index in [1.165, 1.54) is 54.3 Å². The fourth-order valence-electron chi connectivity index (χ4n) is 4.23. The van der Waals surface area contributed by atoms with Gasteiger partial charge in [-0.2, -0.15) is 5.10 Å². The van der Waals surface area contributed by atoms with Crippen LogP contribution in [0.15, 0.2) is 48.8 Å². The van der Waals surface area contributed by atoms with E-state index >= 15 is 4.39 Å². The summed E-state index contributed by atoms with van der Waals surface area (Å²) in [5, 5.41) is 6.19. The number of carbonyl (C=O) groups is 2. The number of piperazine rings is 1. The molecule has 0 bridgehead atoms. The van der Waals surface area contributed by atoms with Crippen molar-refractivity contribution in [3.05, 3.63) is 82.4 Å². The monoisotopic (exact) mass is 477 g/mol. The number of nitrogens with zero attached hydrogens (tertiary/aromatic N) is 3. The second-order valence-corrected chi connectivity index (χ2v) is 8.16. The zero-order valence-electron chi connectivity index (χ0n) is 17.4. The van der Waals surface area contributed by atoms with E-state index in [2.05, 4.69) is 10.4 Å². The summed E-state index contributed by atoms with van der Waals surface area (Å²) in [7, 11) is 0. The Morgan fingerprint density at radius 3 is 2.58 bits per heavy atom. The molecule has 1 aliphatic heterocycles. The van der Waals surface area contributed by atoms with Gasteiger partial charge < -0.3 is 16.0 Å². The number of carbonyl (C=O) groups excluding carboxylic acids is 2. The van der Waals surface area contributed by atoms with E-state index in [1.807, 2.05) is 0 Å². The van der Waals surface area contributed by atoms with Crippen LogP contribution in [0.2, 0.25) is 5.02 Å². The summed E-state index contributed by atoms with van der Waals surface area (Å²) in [5.74, 6) is -4.20. The Bertz CT molecular complexity index is 1230. The van der Waals surface area contributed by atoms with E-state index in [0.29, 0.717) is 11.3 Å². The molecule has 0 aliphatic carbocycles. The molecule has 2 aromatic carbocycles. The van der Waals surface area contributed by atoms with Crippen molar-refractivity contribution in [2.75, 3.05) is 13.1 Å². The summed E-state index contributed by atoms with van der Waals surface area (Å²) in [5.41, 5.74) is 4.59. The lowest BCUT2D eigenvalue weighted by Crippen LogP contribution is -2.68. The van der Waals surface area contributed by atoms with Gasteiger partial charge in [0, 0.05) is 36.3 Å². The first-order valence-electron chi connectivity index (χ1n) is 9.94. The molecule has 1 fully saturated rings. The number of aromatic nitrogens is 2. The van der Waals surface area contributed by atoms with Crippen molar-refractivity contribution in [1.29, 1.82) is 0 Å². The number of nitrogens with two attached hydrogens (primary N) is 1. The van der Waals surface area contributed by atoms with Gasteiger partial charge in [0.1, 0.15) is 28.0 Å². The highest BCUT2D eigenvalue weighted by molar-refractivity contribution is 6.31. The summed E-state index contributed by atoms with van der Waals surface area (Å²) in [6.45, 7) is 1.69. The van der Waals surface area contributed by atoms with Gasteiger partial charge in [-0.15, -0.1) is 0 Å². The largest absolute Gasteiger partial charge is 0.352 e. The molecule has 11 heteroatoms. The summed E-state index contributed by atoms with van der Waals surface area (Å²) in [4.78, 5) is 26.6. The standard InChI is InChI=1S/C22H19ClF3N5O2/c1-22(20(32)28-8-9-30(22)21(27)33)17(15-6-7-16(25)18(23)19(15)26)12-10-29-31(11-12)14-4-2-13(24)3-5-14/h2-7,10-11,17H,8-9H2,1H3,(H2,27,33)(H,28,32)/t17-,22?/m1/s1. The van der Waals surface area contributed by atoms with Crippen LogP contribution in [-0.2, 0) is 4.79 Å². The molecule has 3 N–H and O–H groups in total. The van der Waals surface area contributed by atoms with Gasteiger partial charge in [0.25, 0.3) is 0 Å². The third-order valence-electron chi connectivity index (χ3n) is 5.87. The normalized spacial score (nSPS) is 19.3. The fraction of sp³-hybridized carbons (Fsp3) is 0.227. The van der Waals surface area contributed by atoms with Crippen molar-refractivity contribution in [2.24, 2.45) is 5.73 Å². The Hall–Kier alpha value is -3.53. The predicted molar refractivity (Wildman–Crippen MR) is 114 cm³/mol. The molecule has 1 aromatic heterocycles. The third kappa shape index (κ3) is 3.80. The number of hydrogen-bond acceptors (Lipinski definition) is 3. The van der Waals surface area contributed by atoms with Crippen LogP contribution in [0.5, 0.6) is 0 Å². The number of nitrogens with one attached hydrogen (secondary N) is 1. The van der Waals surface area contributed by atoms with Crippen molar-refractivity contribution in [1.82, 2.24) is 20.0 Å². The minimum absolute atomic E-state index is 0.0801. The van der Waals surface area contributed by atoms with Gasteiger partial charge in [-0.3, -0.25) is 4.79 Å². The highest BCUT2D eigenvalue weighted by Crippen LogP contribution is 2.42. The molecular weight excluding hydrogens is 459 g/mol. The molecule has 1 aliphatic rings. The first-order chi connectivity index (χ1) is 15.6. The molecule has 3 amide bonds. The van der Waals surface area contributed by atoms with E-state index in [1.54, 1.807) is 0 Å². The average Bonchev–Trinajstić information content (AvgIpc) is 3.25. The lowest BCUT2D eigenvalue weighted by Gasteiger charge is -2.47. The van der Waals surface area contributed by atoms with Crippen molar-refractivity contribution in [3.8, 4) is 5.69 Å². The number of amides is 3. The summed E-state index contributed by atoms with van der Waals surface area (Å²) in [6.07, 6.45) is 2.90. The number of hydrogen-bond donors (Lipinski definition) is 2. The molecule has 1 unspecified atom stereocenters. The Morgan fingerprint density at radius 1 is 1.21 bits per heavy atom. The predicted octanol–water partition coefficient (Wildman–Crippen LogP) is 3.34. The van der Waals surface area contributed by atoms with E-state index in [-0.39, 0.29) is 18.7 Å². The van der Waals surface area contributed by atoms with Crippen molar-refractivity contribution >= 4 is 23.5 Å². The molecule has 4 rings (SSSR count). The molecule has 3 aromatic rings. The molecular formula is C22H19ClF3N5O2. The van der Waals surface area contributed by atoms with Crippen molar-refractivity contribution < 1.29 is 22.8 Å². The first-order valence-corrected chi connectivity index (χ1v) is 10.3. The summed E-state index contributed by atoms with van der Waals surface area (Å²) < 4.78 is 43.9. The number of urea groups is 1. The van der Waals surface area contributed by atoms with Crippen LogP contribution in [0, 0.1) is 17.5 Å². The van der Waals surface area contributed by atoms with E-state index in [9.17, 15) is 18.4 Å². The maximum atomic E-state index is 15.2. The van der Waals surface area contributed by atoms with Gasteiger partial charge in [0.15, 0.2) is 0 Å². The zero-order valence-corrected chi connectivity index (χ0v) is 18.1. The average molecular weight is 478 g/mol. The van der Waals surface area contributed by atoms with E-state index in [0.717, 1.165) is 11.0 Å². The quantitative estimate of drug-likeness (QED) is 0.564. The number of rotatable bonds is 4. The first kappa shape index (κ1) is 22.7. The fourth-order valence-corrected chi connectivity index (χ4v) is 4.40. The second kappa shape index (κ2) is 8.43. The van der Waals surface area contributed by atoms with Crippen LogP contribution in [0.25, 0.3) is 5.69 Å². The van der Waals surface area contributed by atoms with Gasteiger partial charge in [-0.25, -0.2) is 22.6 Å². The van der Waals surface area contributed by atoms with E-state index < -0.39 is 45.9 Å². The lowest BCUT2D eigenvalue weighted by atomic mass is 9.74. The topological polar surface area (TPSA) is 93.2 Å². The van der Waals surface area contributed by atoms with Crippen LogP contribution in [0.3, 0.4) is 0 Å². The smallest absolute Gasteiger partial charge is 0.315 e. The molecule has 7 nitrogen and oxygen atoms in total. The lowest BCUT2D eigenvalue weighted by molar-refractivity contribution is -0.134. The Morgan fingerprint density at radius 2 is 1.91 bits per heavy atom. The Balaban J connectivity index is 1.93. The second-order valence-electron chi connectivity index (χ2n) is 7.79. The Kier molecular flexibility index (Phi) is 5.79.